The second-order valence-electron chi connectivity index (χ2n) is 6.70. The number of halogens is 1. The summed E-state index contributed by atoms with van der Waals surface area (Å²) < 4.78 is 4.78. The Morgan fingerprint density at radius 1 is 1.11 bits per heavy atom. The van der Waals surface area contributed by atoms with Crippen LogP contribution in [-0.4, -0.2) is 37.0 Å². The Bertz CT molecular complexity index is 799. The molecule has 0 spiro atoms. The molecule has 2 aromatic carbocycles. The number of likely N-dealkylation sites (tertiary alicyclic amines) is 1. The summed E-state index contributed by atoms with van der Waals surface area (Å²) in [7, 11) is 1.33. The van der Waals surface area contributed by atoms with Crippen molar-refractivity contribution in [2.24, 2.45) is 5.92 Å². The number of esters is 1. The van der Waals surface area contributed by atoms with Gasteiger partial charge in [0.2, 0.25) is 5.91 Å². The maximum atomic E-state index is 12.6. The molecule has 1 fully saturated rings. The lowest BCUT2D eigenvalue weighted by Crippen LogP contribution is -2.37. The minimum absolute atomic E-state index is 0.0440. The van der Waals surface area contributed by atoms with Gasteiger partial charge in [0.15, 0.2) is 0 Å². The number of para-hydroxylation sites is 1. The van der Waals surface area contributed by atoms with E-state index in [9.17, 15) is 9.59 Å². The van der Waals surface area contributed by atoms with Gasteiger partial charge in [0.05, 0.1) is 18.4 Å². The van der Waals surface area contributed by atoms with Crippen LogP contribution in [0, 0.1) is 5.92 Å². The number of nitrogens with one attached hydrogen (secondary N) is 1. The summed E-state index contributed by atoms with van der Waals surface area (Å²) in [5.41, 5.74) is 2.08. The monoisotopic (exact) mass is 386 g/mol. The van der Waals surface area contributed by atoms with Crippen LogP contribution in [0.2, 0.25) is 5.02 Å². The van der Waals surface area contributed by atoms with Crippen LogP contribution < -0.4 is 5.32 Å². The molecule has 0 saturated carbocycles. The number of amides is 1. The molecule has 2 aromatic rings. The summed E-state index contributed by atoms with van der Waals surface area (Å²) >= 11 is 5.93. The van der Waals surface area contributed by atoms with Crippen molar-refractivity contribution in [1.82, 2.24) is 4.90 Å². The molecule has 5 nitrogen and oxygen atoms in total. The van der Waals surface area contributed by atoms with Crippen LogP contribution in [0.15, 0.2) is 48.5 Å². The van der Waals surface area contributed by atoms with E-state index in [1.54, 1.807) is 24.3 Å². The van der Waals surface area contributed by atoms with Crippen LogP contribution in [-0.2, 0) is 16.1 Å². The molecule has 1 heterocycles. The quantitative estimate of drug-likeness (QED) is 0.790. The number of nitrogens with zero attached hydrogens (tertiary/aromatic N) is 1. The van der Waals surface area contributed by atoms with Crippen LogP contribution in [0.4, 0.5) is 5.69 Å². The highest BCUT2D eigenvalue weighted by atomic mass is 35.5. The Labute approximate surface area is 164 Å². The van der Waals surface area contributed by atoms with E-state index in [1.807, 2.05) is 24.3 Å². The number of piperidine rings is 1. The Balaban J connectivity index is 1.54. The van der Waals surface area contributed by atoms with Gasteiger partial charge in [0.25, 0.3) is 0 Å². The Morgan fingerprint density at radius 2 is 1.78 bits per heavy atom. The smallest absolute Gasteiger partial charge is 0.339 e. The van der Waals surface area contributed by atoms with E-state index >= 15 is 0 Å². The first-order valence-electron chi connectivity index (χ1n) is 9.02. The summed E-state index contributed by atoms with van der Waals surface area (Å²) in [6.45, 7) is 2.58. The predicted molar refractivity (Wildman–Crippen MR) is 106 cm³/mol. The Hall–Kier alpha value is -2.37. The summed E-state index contributed by atoms with van der Waals surface area (Å²) in [6.07, 6.45) is 1.58. The summed E-state index contributed by atoms with van der Waals surface area (Å²) in [6, 6.07) is 14.8. The van der Waals surface area contributed by atoms with Gasteiger partial charge < -0.3 is 10.1 Å². The van der Waals surface area contributed by atoms with E-state index in [1.165, 1.54) is 12.7 Å². The lowest BCUT2D eigenvalue weighted by atomic mass is 9.95. The average Bonchev–Trinajstić information content (AvgIpc) is 2.70. The van der Waals surface area contributed by atoms with E-state index in [0.717, 1.165) is 37.5 Å². The molecule has 0 bridgehead atoms. The van der Waals surface area contributed by atoms with Crippen LogP contribution in [0.25, 0.3) is 0 Å². The zero-order valence-electron chi connectivity index (χ0n) is 15.3. The van der Waals surface area contributed by atoms with Gasteiger partial charge in [0.1, 0.15) is 0 Å². The molecule has 3 rings (SSSR count). The van der Waals surface area contributed by atoms with Gasteiger partial charge in [0, 0.05) is 17.5 Å². The van der Waals surface area contributed by atoms with E-state index in [2.05, 4.69) is 10.2 Å². The van der Waals surface area contributed by atoms with Gasteiger partial charge in [-0.25, -0.2) is 4.79 Å². The zero-order chi connectivity index (χ0) is 19.2. The zero-order valence-corrected chi connectivity index (χ0v) is 16.0. The average molecular weight is 387 g/mol. The third-order valence-corrected chi connectivity index (χ3v) is 5.12. The van der Waals surface area contributed by atoms with Crippen molar-refractivity contribution in [3.05, 3.63) is 64.7 Å². The second-order valence-corrected chi connectivity index (χ2v) is 7.14. The fourth-order valence-corrected chi connectivity index (χ4v) is 3.44. The van der Waals surface area contributed by atoms with Crippen LogP contribution in [0.1, 0.15) is 28.8 Å². The number of benzene rings is 2. The fraction of sp³-hybridized carbons (Fsp3) is 0.333. The highest BCUT2D eigenvalue weighted by Crippen LogP contribution is 2.23. The molecule has 1 amide bonds. The lowest BCUT2D eigenvalue weighted by Gasteiger charge is -2.31. The predicted octanol–water partition coefficient (Wildman–Crippen LogP) is 3.98. The van der Waals surface area contributed by atoms with Crippen LogP contribution in [0.3, 0.4) is 0 Å². The highest BCUT2D eigenvalue weighted by Gasteiger charge is 2.26. The first-order valence-corrected chi connectivity index (χ1v) is 9.39. The van der Waals surface area contributed by atoms with Gasteiger partial charge in [-0.15, -0.1) is 0 Å². The molecule has 0 aromatic heterocycles. The maximum absolute atomic E-state index is 12.6. The van der Waals surface area contributed by atoms with Gasteiger partial charge in [-0.3, -0.25) is 9.69 Å². The molecule has 0 unspecified atom stereocenters. The number of rotatable bonds is 5. The van der Waals surface area contributed by atoms with Crippen molar-refractivity contribution >= 4 is 29.2 Å². The molecule has 27 heavy (non-hydrogen) atoms. The van der Waals surface area contributed by atoms with Crippen molar-refractivity contribution in [2.45, 2.75) is 19.4 Å². The number of ether oxygens (including phenoxy) is 1. The van der Waals surface area contributed by atoms with Gasteiger partial charge in [-0.2, -0.15) is 0 Å². The third-order valence-electron chi connectivity index (χ3n) is 4.87. The molecule has 1 aliphatic heterocycles. The fourth-order valence-electron chi connectivity index (χ4n) is 3.32. The molecule has 0 aliphatic carbocycles. The van der Waals surface area contributed by atoms with E-state index < -0.39 is 5.97 Å². The van der Waals surface area contributed by atoms with E-state index in [-0.39, 0.29) is 11.8 Å². The summed E-state index contributed by atoms with van der Waals surface area (Å²) in [4.78, 5) is 26.8. The molecule has 142 valence electrons. The molecule has 6 heteroatoms. The van der Waals surface area contributed by atoms with Crippen molar-refractivity contribution in [3.63, 3.8) is 0 Å². The van der Waals surface area contributed by atoms with Crippen molar-refractivity contribution in [1.29, 1.82) is 0 Å². The van der Waals surface area contributed by atoms with E-state index in [4.69, 9.17) is 16.3 Å². The van der Waals surface area contributed by atoms with Crippen molar-refractivity contribution < 1.29 is 14.3 Å². The number of carbonyl (C=O) groups is 2. The number of methoxy groups -OCH3 is 1. The van der Waals surface area contributed by atoms with Crippen LogP contribution in [0.5, 0.6) is 0 Å². The topological polar surface area (TPSA) is 58.6 Å². The summed E-state index contributed by atoms with van der Waals surface area (Å²) in [5, 5.41) is 3.63. The standard InChI is InChI=1S/C21H23ClN2O3/c1-27-21(26)18-4-2-3-5-19(18)23-20(25)16-10-12-24(13-11-16)14-15-6-8-17(22)9-7-15/h2-9,16H,10-14H2,1H3,(H,23,25). The van der Waals surface area contributed by atoms with Crippen molar-refractivity contribution in [2.75, 3.05) is 25.5 Å². The minimum atomic E-state index is -0.455. The van der Waals surface area contributed by atoms with Gasteiger partial charge in [-0.05, 0) is 55.8 Å². The first kappa shape index (κ1) is 19.4. The SMILES string of the molecule is COC(=O)c1ccccc1NC(=O)C1CCN(Cc2ccc(Cl)cc2)CC1. The largest absolute Gasteiger partial charge is 0.465 e. The second kappa shape index (κ2) is 9.02. The van der Waals surface area contributed by atoms with Crippen molar-refractivity contribution in [3.8, 4) is 0 Å². The Morgan fingerprint density at radius 3 is 2.44 bits per heavy atom. The van der Waals surface area contributed by atoms with Crippen LogP contribution >= 0.6 is 11.6 Å². The molecular formula is C21H23ClN2O3. The molecule has 1 aliphatic rings. The molecule has 0 radical (unpaired) electrons. The maximum Gasteiger partial charge on any atom is 0.339 e. The van der Waals surface area contributed by atoms with Gasteiger partial charge >= 0.3 is 5.97 Å². The molecule has 1 N–H and O–H groups in total. The third kappa shape index (κ3) is 5.08. The first-order chi connectivity index (χ1) is 13.1. The molecule has 0 atom stereocenters. The molecular weight excluding hydrogens is 364 g/mol. The summed E-state index contributed by atoms with van der Waals surface area (Å²) in [5.74, 6) is -0.557. The number of anilines is 1. The molecule has 1 saturated heterocycles. The number of carbonyl (C=O) groups excluding carboxylic acids is 2. The van der Waals surface area contributed by atoms with E-state index in [0.29, 0.717) is 11.3 Å². The highest BCUT2D eigenvalue weighted by molar-refractivity contribution is 6.30. The number of hydrogen-bond donors (Lipinski definition) is 1. The normalized spacial score (nSPS) is 15.3. The Kier molecular flexibility index (Phi) is 6.48. The number of hydrogen-bond acceptors (Lipinski definition) is 4. The lowest BCUT2D eigenvalue weighted by molar-refractivity contribution is -0.121. The van der Waals surface area contributed by atoms with Gasteiger partial charge in [-0.1, -0.05) is 35.9 Å². The minimum Gasteiger partial charge on any atom is -0.465 e.